The van der Waals surface area contributed by atoms with Crippen LogP contribution in [0.5, 0.6) is 17.2 Å². The molecule has 0 unspecified atom stereocenters. The zero-order valence-corrected chi connectivity index (χ0v) is 15.4. The molecule has 0 aliphatic carbocycles. The van der Waals surface area contributed by atoms with Gasteiger partial charge in [-0.05, 0) is 41.6 Å². The highest BCUT2D eigenvalue weighted by Gasteiger charge is 2.35. The number of carbonyl (C=O) groups excluding carboxylic acids is 2. The Morgan fingerprint density at radius 2 is 1.78 bits per heavy atom. The summed E-state index contributed by atoms with van der Waals surface area (Å²) in [6, 6.07) is 9.02. The van der Waals surface area contributed by atoms with Gasteiger partial charge in [-0.25, -0.2) is 4.39 Å². The third-order valence-electron chi connectivity index (χ3n) is 3.96. The van der Waals surface area contributed by atoms with Crippen molar-refractivity contribution < 1.29 is 28.6 Å². The van der Waals surface area contributed by atoms with Crippen LogP contribution in [0.2, 0.25) is 0 Å². The maximum Gasteiger partial charge on any atom is 0.293 e. The summed E-state index contributed by atoms with van der Waals surface area (Å²) in [5.41, 5.74) is 0.770. The molecule has 0 aromatic heterocycles. The standard InChI is InChI=1S/C19H16FNO5S/c1-25-14-7-11(8-15(26-2)17(14)22)9-16-18(23)21(19(24)27-16)10-12-5-3-4-6-13(12)20/h3-9,22H,10H2,1-2H3. The first-order chi connectivity index (χ1) is 12.9. The molecule has 2 aromatic carbocycles. The average molecular weight is 389 g/mol. The number of phenolic OH excluding ortho intramolecular Hbond substituents is 1. The van der Waals surface area contributed by atoms with Crippen molar-refractivity contribution in [3.05, 3.63) is 58.2 Å². The highest BCUT2D eigenvalue weighted by molar-refractivity contribution is 8.18. The van der Waals surface area contributed by atoms with Crippen molar-refractivity contribution in [1.82, 2.24) is 4.90 Å². The first-order valence-electron chi connectivity index (χ1n) is 7.88. The number of carbonyl (C=O) groups is 2. The number of aromatic hydroxyl groups is 1. The van der Waals surface area contributed by atoms with E-state index in [2.05, 4.69) is 0 Å². The fourth-order valence-electron chi connectivity index (χ4n) is 2.58. The molecule has 27 heavy (non-hydrogen) atoms. The van der Waals surface area contributed by atoms with Crippen molar-refractivity contribution in [2.45, 2.75) is 6.54 Å². The van der Waals surface area contributed by atoms with Crippen molar-refractivity contribution in [3.8, 4) is 17.2 Å². The van der Waals surface area contributed by atoms with Crippen LogP contribution in [-0.4, -0.2) is 35.4 Å². The van der Waals surface area contributed by atoms with Gasteiger partial charge in [-0.3, -0.25) is 14.5 Å². The number of hydrogen-bond acceptors (Lipinski definition) is 6. The van der Waals surface area contributed by atoms with E-state index in [0.29, 0.717) is 5.56 Å². The number of phenols is 1. The quantitative estimate of drug-likeness (QED) is 0.785. The van der Waals surface area contributed by atoms with Gasteiger partial charge in [-0.15, -0.1) is 0 Å². The minimum absolute atomic E-state index is 0.142. The molecule has 1 saturated heterocycles. The molecule has 0 saturated carbocycles. The predicted molar refractivity (Wildman–Crippen MR) is 99.1 cm³/mol. The van der Waals surface area contributed by atoms with Crippen LogP contribution in [0.3, 0.4) is 0 Å². The number of imide groups is 1. The second-order valence-corrected chi connectivity index (χ2v) is 6.63. The molecule has 6 nitrogen and oxygen atoms in total. The fourth-order valence-corrected chi connectivity index (χ4v) is 3.42. The van der Waals surface area contributed by atoms with Gasteiger partial charge in [0.1, 0.15) is 5.82 Å². The predicted octanol–water partition coefficient (Wildman–Crippen LogP) is 3.79. The van der Waals surface area contributed by atoms with E-state index in [1.165, 1.54) is 50.6 Å². The third-order valence-corrected chi connectivity index (χ3v) is 4.87. The van der Waals surface area contributed by atoms with Crippen LogP contribution in [0.15, 0.2) is 41.3 Å². The van der Waals surface area contributed by atoms with Crippen molar-refractivity contribution in [1.29, 1.82) is 0 Å². The summed E-state index contributed by atoms with van der Waals surface area (Å²) in [7, 11) is 2.78. The van der Waals surface area contributed by atoms with E-state index < -0.39 is 17.0 Å². The van der Waals surface area contributed by atoms with E-state index in [1.807, 2.05) is 0 Å². The monoisotopic (exact) mass is 389 g/mol. The van der Waals surface area contributed by atoms with Crippen LogP contribution in [-0.2, 0) is 11.3 Å². The van der Waals surface area contributed by atoms with E-state index >= 15 is 0 Å². The first kappa shape index (κ1) is 18.8. The van der Waals surface area contributed by atoms with Gasteiger partial charge in [0.15, 0.2) is 11.5 Å². The summed E-state index contributed by atoms with van der Waals surface area (Å²) < 4.78 is 24.0. The van der Waals surface area contributed by atoms with Crippen LogP contribution in [0.1, 0.15) is 11.1 Å². The first-order valence-corrected chi connectivity index (χ1v) is 8.70. The van der Waals surface area contributed by atoms with Crippen LogP contribution < -0.4 is 9.47 Å². The van der Waals surface area contributed by atoms with Gasteiger partial charge in [-0.1, -0.05) is 18.2 Å². The molecular formula is C19H16FNO5S. The van der Waals surface area contributed by atoms with Gasteiger partial charge in [0.2, 0.25) is 5.75 Å². The number of rotatable bonds is 5. The van der Waals surface area contributed by atoms with Crippen LogP contribution >= 0.6 is 11.8 Å². The second-order valence-electron chi connectivity index (χ2n) is 5.63. The maximum absolute atomic E-state index is 13.8. The molecular weight excluding hydrogens is 373 g/mol. The second kappa shape index (κ2) is 7.71. The van der Waals surface area contributed by atoms with Gasteiger partial charge in [0.25, 0.3) is 11.1 Å². The third kappa shape index (κ3) is 3.75. The average Bonchev–Trinajstić information content (AvgIpc) is 2.92. The Kier molecular flexibility index (Phi) is 5.36. The Balaban J connectivity index is 1.89. The summed E-state index contributed by atoms with van der Waals surface area (Å²) in [6.07, 6.45) is 1.50. The number of methoxy groups -OCH3 is 2. The molecule has 2 amide bonds. The minimum atomic E-state index is -0.515. The fraction of sp³-hybridized carbons (Fsp3) is 0.158. The zero-order valence-electron chi connectivity index (χ0n) is 14.6. The molecule has 1 aliphatic heterocycles. The largest absolute Gasteiger partial charge is 0.502 e. The van der Waals surface area contributed by atoms with Crippen molar-refractivity contribution in [3.63, 3.8) is 0 Å². The molecule has 140 valence electrons. The van der Waals surface area contributed by atoms with Gasteiger partial charge in [0.05, 0.1) is 25.7 Å². The number of amides is 2. The Bertz CT molecular complexity index is 918. The van der Waals surface area contributed by atoms with E-state index in [4.69, 9.17) is 9.47 Å². The Morgan fingerprint density at radius 1 is 1.15 bits per heavy atom. The van der Waals surface area contributed by atoms with E-state index in [0.717, 1.165) is 16.7 Å². The highest BCUT2D eigenvalue weighted by atomic mass is 32.2. The van der Waals surface area contributed by atoms with E-state index in [9.17, 15) is 19.1 Å². The SMILES string of the molecule is COc1cc(C=C2SC(=O)N(Cc3ccccc3F)C2=O)cc(OC)c1O. The lowest BCUT2D eigenvalue weighted by Gasteiger charge is -2.13. The molecule has 2 aromatic rings. The van der Waals surface area contributed by atoms with Gasteiger partial charge < -0.3 is 14.6 Å². The molecule has 0 bridgehead atoms. The van der Waals surface area contributed by atoms with Crippen LogP contribution in [0.25, 0.3) is 6.08 Å². The molecule has 0 radical (unpaired) electrons. The molecule has 8 heteroatoms. The molecule has 1 fully saturated rings. The Hall–Kier alpha value is -3.00. The molecule has 0 spiro atoms. The number of nitrogens with zero attached hydrogens (tertiary/aromatic N) is 1. The van der Waals surface area contributed by atoms with Gasteiger partial charge in [-0.2, -0.15) is 0 Å². The summed E-state index contributed by atoms with van der Waals surface area (Å²) in [6.45, 7) is -0.142. The van der Waals surface area contributed by atoms with Gasteiger partial charge in [0, 0.05) is 5.56 Å². The Labute approximate surface area is 159 Å². The molecule has 1 aliphatic rings. The van der Waals surface area contributed by atoms with Gasteiger partial charge >= 0.3 is 0 Å². The molecule has 3 rings (SSSR count). The summed E-state index contributed by atoms with van der Waals surface area (Å²) >= 11 is 0.765. The maximum atomic E-state index is 13.8. The Morgan fingerprint density at radius 3 is 2.37 bits per heavy atom. The van der Waals surface area contributed by atoms with Crippen molar-refractivity contribution in [2.24, 2.45) is 0 Å². The van der Waals surface area contributed by atoms with Crippen molar-refractivity contribution in [2.75, 3.05) is 14.2 Å². The number of benzene rings is 2. The number of hydrogen-bond donors (Lipinski definition) is 1. The smallest absolute Gasteiger partial charge is 0.293 e. The number of thioether (sulfide) groups is 1. The number of halogens is 1. The summed E-state index contributed by atoms with van der Waals surface area (Å²) in [4.78, 5) is 26.0. The highest BCUT2D eigenvalue weighted by Crippen LogP contribution is 2.39. The van der Waals surface area contributed by atoms with Crippen LogP contribution in [0, 0.1) is 5.82 Å². The van der Waals surface area contributed by atoms with Crippen LogP contribution in [0.4, 0.5) is 9.18 Å². The summed E-state index contributed by atoms with van der Waals surface area (Å²) in [5.74, 6) is -0.810. The molecule has 1 N–H and O–H groups in total. The topological polar surface area (TPSA) is 76.1 Å². The normalized spacial score (nSPS) is 15.5. The molecule has 0 atom stereocenters. The lowest BCUT2D eigenvalue weighted by molar-refractivity contribution is -0.123. The lowest BCUT2D eigenvalue weighted by atomic mass is 10.1. The zero-order chi connectivity index (χ0) is 19.6. The summed E-state index contributed by atoms with van der Waals surface area (Å²) in [5, 5.41) is 9.48. The minimum Gasteiger partial charge on any atom is -0.502 e. The van der Waals surface area contributed by atoms with E-state index in [-0.39, 0.29) is 34.3 Å². The van der Waals surface area contributed by atoms with E-state index in [1.54, 1.807) is 6.07 Å². The number of ether oxygens (including phenoxy) is 2. The molecule has 1 heterocycles. The lowest BCUT2D eigenvalue weighted by Crippen LogP contribution is -2.27. The van der Waals surface area contributed by atoms with Crippen molar-refractivity contribution >= 4 is 29.0 Å².